The van der Waals surface area contributed by atoms with Gasteiger partial charge in [-0.3, -0.25) is 9.52 Å². The summed E-state index contributed by atoms with van der Waals surface area (Å²) in [6.07, 6.45) is 0.844. The number of thiophene rings is 1. The van der Waals surface area contributed by atoms with Crippen LogP contribution in [0.1, 0.15) is 38.2 Å². The molecule has 5 nitrogen and oxygen atoms in total. The molecule has 31 heavy (non-hydrogen) atoms. The molecule has 1 atom stereocenters. The number of benzene rings is 2. The molecule has 1 amide bonds. The zero-order valence-electron chi connectivity index (χ0n) is 17.4. The van der Waals surface area contributed by atoms with Crippen LogP contribution in [0.4, 0.5) is 0 Å². The largest absolute Gasteiger partial charge is 0.273 e. The van der Waals surface area contributed by atoms with Gasteiger partial charge in [-0.15, -0.1) is 0 Å². The topological polar surface area (TPSA) is 75.6 Å². The van der Waals surface area contributed by atoms with Crippen molar-refractivity contribution in [1.29, 1.82) is 0 Å². The Kier molecular flexibility index (Phi) is 6.07. The highest BCUT2D eigenvalue weighted by Gasteiger charge is 2.29. The lowest BCUT2D eigenvalue weighted by molar-refractivity contribution is -0.118. The second-order valence-electron chi connectivity index (χ2n) is 7.89. The van der Waals surface area contributed by atoms with E-state index in [0.717, 1.165) is 16.7 Å². The molecule has 2 heterocycles. The van der Waals surface area contributed by atoms with Crippen LogP contribution in [-0.2, 0) is 14.8 Å². The first-order valence-electron chi connectivity index (χ1n) is 10.2. The van der Waals surface area contributed by atoms with E-state index in [1.54, 1.807) is 25.2 Å². The average molecular weight is 453 g/mol. The Morgan fingerprint density at radius 2 is 1.52 bits per heavy atom. The Morgan fingerprint density at radius 1 is 0.935 bits per heavy atom. The Labute approximate surface area is 186 Å². The number of amides is 1. The van der Waals surface area contributed by atoms with E-state index in [1.165, 1.54) is 11.1 Å². The van der Waals surface area contributed by atoms with Crippen LogP contribution in [0.15, 0.2) is 70.3 Å². The Hall–Kier alpha value is -2.77. The first-order valence-corrected chi connectivity index (χ1v) is 12.7. The minimum atomic E-state index is -3.57. The van der Waals surface area contributed by atoms with Gasteiger partial charge in [0.05, 0.1) is 5.25 Å². The standard InChI is InChI=1S/C24H24N2O3S2/c1-16(2)31(28,29)26-24-22(11-12-23(27)25-24)20-9-7-18(8-10-20)17-3-5-19(6-4-17)21-13-14-30-15-21/h3-10,13-16,22H,11-12H2,1-2H3,(H,25,26,27). The van der Waals surface area contributed by atoms with Gasteiger partial charge in [0.15, 0.2) is 0 Å². The normalized spacial score (nSPS) is 16.9. The molecule has 0 saturated heterocycles. The molecule has 7 heteroatoms. The number of rotatable bonds is 5. The molecule has 0 aliphatic carbocycles. The van der Waals surface area contributed by atoms with E-state index < -0.39 is 15.3 Å². The summed E-state index contributed by atoms with van der Waals surface area (Å²) in [6, 6.07) is 18.6. The summed E-state index contributed by atoms with van der Waals surface area (Å²) < 4.78 is 27.2. The van der Waals surface area contributed by atoms with Crippen molar-refractivity contribution in [2.45, 2.75) is 37.9 Å². The van der Waals surface area contributed by atoms with Crippen molar-refractivity contribution in [3.63, 3.8) is 0 Å². The second kappa shape index (κ2) is 8.77. The minimum Gasteiger partial charge on any atom is -0.273 e. The summed E-state index contributed by atoms with van der Waals surface area (Å²) >= 11 is 1.68. The number of hydrogen-bond donors (Lipinski definition) is 1. The number of sulfonamides is 1. The first-order chi connectivity index (χ1) is 14.8. The predicted molar refractivity (Wildman–Crippen MR) is 127 cm³/mol. The fourth-order valence-electron chi connectivity index (χ4n) is 3.55. The third-order valence-electron chi connectivity index (χ3n) is 5.48. The summed E-state index contributed by atoms with van der Waals surface area (Å²) in [5.74, 6) is -0.320. The second-order valence-corrected chi connectivity index (χ2v) is 10.9. The van der Waals surface area contributed by atoms with Crippen LogP contribution in [0.3, 0.4) is 0 Å². The third kappa shape index (κ3) is 4.78. The van der Waals surface area contributed by atoms with E-state index in [1.807, 2.05) is 24.3 Å². The van der Waals surface area contributed by atoms with Crippen molar-refractivity contribution in [3.8, 4) is 22.3 Å². The van der Waals surface area contributed by atoms with Crippen LogP contribution in [0.2, 0.25) is 0 Å². The minimum absolute atomic E-state index is 0.220. The van der Waals surface area contributed by atoms with E-state index in [0.29, 0.717) is 12.8 Å². The van der Waals surface area contributed by atoms with Crippen LogP contribution >= 0.6 is 11.3 Å². The predicted octanol–water partition coefficient (Wildman–Crippen LogP) is 5.21. The van der Waals surface area contributed by atoms with Gasteiger partial charge in [-0.2, -0.15) is 16.3 Å². The van der Waals surface area contributed by atoms with Gasteiger partial charge in [0.2, 0.25) is 15.9 Å². The highest BCUT2D eigenvalue weighted by atomic mass is 32.2. The SMILES string of the molecule is CC(C)S(=O)(=O)NC1=NC(=O)CCC1c1ccc(-c2ccc(-c3ccsc3)cc2)cc1. The zero-order chi connectivity index (χ0) is 22.0. The number of nitrogens with one attached hydrogen (secondary N) is 1. The van der Waals surface area contributed by atoms with Crippen LogP contribution in [0, 0.1) is 0 Å². The number of aliphatic imine (C=N–C) groups is 1. The van der Waals surface area contributed by atoms with Crippen molar-refractivity contribution in [3.05, 3.63) is 70.9 Å². The van der Waals surface area contributed by atoms with Crippen molar-refractivity contribution in [2.24, 2.45) is 4.99 Å². The third-order valence-corrected chi connectivity index (χ3v) is 7.89. The maximum Gasteiger partial charge on any atom is 0.247 e. The fourth-order valence-corrected chi connectivity index (χ4v) is 4.93. The lowest BCUT2D eigenvalue weighted by Crippen LogP contribution is -2.41. The number of carbonyl (C=O) groups is 1. The van der Waals surface area contributed by atoms with Gasteiger partial charge in [0, 0.05) is 12.3 Å². The number of hydrogen-bond acceptors (Lipinski definition) is 4. The summed E-state index contributed by atoms with van der Waals surface area (Å²) in [4.78, 5) is 15.8. The van der Waals surface area contributed by atoms with Gasteiger partial charge in [-0.05, 0) is 64.9 Å². The monoisotopic (exact) mass is 452 g/mol. The highest BCUT2D eigenvalue weighted by Crippen LogP contribution is 2.30. The first kappa shape index (κ1) is 21.5. The molecule has 0 fully saturated rings. The molecule has 1 aliphatic heterocycles. The molecule has 1 aromatic heterocycles. The average Bonchev–Trinajstić information content (AvgIpc) is 3.29. The van der Waals surface area contributed by atoms with Gasteiger partial charge >= 0.3 is 0 Å². The molecule has 1 unspecified atom stereocenters. The van der Waals surface area contributed by atoms with Gasteiger partial charge in [-0.25, -0.2) is 8.42 Å². The Balaban J connectivity index is 1.56. The summed E-state index contributed by atoms with van der Waals surface area (Å²) in [5.41, 5.74) is 5.53. The molecule has 0 bridgehead atoms. The fraction of sp³-hybridized carbons (Fsp3) is 0.250. The molecule has 0 spiro atoms. The quantitative estimate of drug-likeness (QED) is 0.577. The molecule has 4 rings (SSSR count). The van der Waals surface area contributed by atoms with Crippen LogP contribution in [0.5, 0.6) is 0 Å². The molecule has 2 aromatic carbocycles. The summed E-state index contributed by atoms with van der Waals surface area (Å²) in [7, 11) is -3.57. The van der Waals surface area contributed by atoms with E-state index in [9.17, 15) is 13.2 Å². The molecule has 3 aromatic rings. The van der Waals surface area contributed by atoms with Gasteiger partial charge < -0.3 is 0 Å². The lowest BCUT2D eigenvalue weighted by atomic mass is 9.90. The maximum atomic E-state index is 12.3. The highest BCUT2D eigenvalue weighted by molar-refractivity contribution is 7.90. The van der Waals surface area contributed by atoms with Crippen LogP contribution in [0.25, 0.3) is 22.3 Å². The Morgan fingerprint density at radius 3 is 2.06 bits per heavy atom. The summed E-state index contributed by atoms with van der Waals surface area (Å²) in [6.45, 7) is 3.20. The molecule has 160 valence electrons. The van der Waals surface area contributed by atoms with E-state index in [2.05, 4.69) is 50.8 Å². The molecule has 0 radical (unpaired) electrons. The molecular weight excluding hydrogens is 428 g/mol. The van der Waals surface area contributed by atoms with Gasteiger partial charge in [0.25, 0.3) is 0 Å². The number of nitrogens with zero attached hydrogens (tertiary/aromatic N) is 1. The molecule has 1 N–H and O–H groups in total. The Bertz CT molecular complexity index is 1190. The van der Waals surface area contributed by atoms with Crippen molar-refractivity contribution >= 4 is 33.1 Å². The smallest absolute Gasteiger partial charge is 0.247 e. The van der Waals surface area contributed by atoms with E-state index >= 15 is 0 Å². The van der Waals surface area contributed by atoms with Crippen molar-refractivity contribution in [2.75, 3.05) is 0 Å². The van der Waals surface area contributed by atoms with Crippen molar-refractivity contribution < 1.29 is 13.2 Å². The number of carbonyl (C=O) groups excluding carboxylic acids is 1. The van der Waals surface area contributed by atoms with E-state index in [-0.39, 0.29) is 17.7 Å². The van der Waals surface area contributed by atoms with Gasteiger partial charge in [-0.1, -0.05) is 48.5 Å². The van der Waals surface area contributed by atoms with Crippen LogP contribution < -0.4 is 4.72 Å². The lowest BCUT2D eigenvalue weighted by Gasteiger charge is -2.24. The van der Waals surface area contributed by atoms with Gasteiger partial charge in [0.1, 0.15) is 5.84 Å². The molecule has 1 aliphatic rings. The van der Waals surface area contributed by atoms with E-state index in [4.69, 9.17) is 0 Å². The molecular formula is C24H24N2O3S2. The number of amidine groups is 1. The van der Waals surface area contributed by atoms with Crippen LogP contribution in [-0.4, -0.2) is 25.4 Å². The molecule has 0 saturated carbocycles. The van der Waals surface area contributed by atoms with Crippen molar-refractivity contribution in [1.82, 2.24) is 4.72 Å². The zero-order valence-corrected chi connectivity index (χ0v) is 19.0. The summed E-state index contributed by atoms with van der Waals surface area (Å²) in [5, 5.41) is 3.60. The maximum absolute atomic E-state index is 12.3.